The summed E-state index contributed by atoms with van der Waals surface area (Å²) in [4.78, 5) is 15.5. The van der Waals surface area contributed by atoms with Gasteiger partial charge < -0.3 is 16.0 Å². The maximum atomic E-state index is 12.1. The van der Waals surface area contributed by atoms with Gasteiger partial charge in [0.25, 0.3) is 0 Å². The first-order valence-electron chi connectivity index (χ1n) is 8.33. The summed E-state index contributed by atoms with van der Waals surface area (Å²) in [7, 11) is 0. The number of hydrogen-bond donors (Lipinski definition) is 3. The molecular formula is C18H25N3O. The number of nitrogens with one attached hydrogen (secondary N) is 2. The van der Waals surface area contributed by atoms with Gasteiger partial charge in [0.05, 0.1) is 0 Å². The Morgan fingerprint density at radius 2 is 2.00 bits per heavy atom. The molecular weight excluding hydrogens is 274 g/mol. The zero-order valence-corrected chi connectivity index (χ0v) is 13.0. The molecule has 1 aromatic heterocycles. The third-order valence-electron chi connectivity index (χ3n) is 4.84. The Bertz CT molecular complexity index is 626. The van der Waals surface area contributed by atoms with Gasteiger partial charge in [-0.15, -0.1) is 0 Å². The van der Waals surface area contributed by atoms with Gasteiger partial charge in [-0.05, 0) is 56.2 Å². The van der Waals surface area contributed by atoms with E-state index in [1.54, 1.807) is 0 Å². The molecule has 3 rings (SSSR count). The molecule has 118 valence electrons. The minimum atomic E-state index is 0.180. The van der Waals surface area contributed by atoms with Crippen molar-refractivity contribution < 1.29 is 4.79 Å². The van der Waals surface area contributed by atoms with Crippen molar-refractivity contribution in [3.63, 3.8) is 0 Å². The third kappa shape index (κ3) is 3.17. The van der Waals surface area contributed by atoms with Gasteiger partial charge in [-0.2, -0.15) is 0 Å². The molecule has 0 saturated heterocycles. The van der Waals surface area contributed by atoms with Crippen LogP contribution in [0, 0.1) is 5.92 Å². The molecule has 1 fully saturated rings. The highest BCUT2D eigenvalue weighted by Gasteiger charge is 2.27. The summed E-state index contributed by atoms with van der Waals surface area (Å²) in [6.45, 7) is 1.34. The average Bonchev–Trinajstić information content (AvgIpc) is 2.99. The van der Waals surface area contributed by atoms with Crippen molar-refractivity contribution in [1.82, 2.24) is 10.3 Å². The Balaban J connectivity index is 1.59. The van der Waals surface area contributed by atoms with Gasteiger partial charge in [0, 0.05) is 29.6 Å². The molecule has 0 radical (unpaired) electrons. The van der Waals surface area contributed by atoms with Crippen molar-refractivity contribution in [1.29, 1.82) is 0 Å². The fraction of sp³-hybridized carbons (Fsp3) is 0.500. The summed E-state index contributed by atoms with van der Waals surface area (Å²) >= 11 is 0. The molecule has 4 N–H and O–H groups in total. The first kappa shape index (κ1) is 15.1. The number of hydrogen-bond acceptors (Lipinski definition) is 2. The second-order valence-corrected chi connectivity index (χ2v) is 6.27. The van der Waals surface area contributed by atoms with E-state index in [9.17, 15) is 4.79 Å². The highest BCUT2D eigenvalue weighted by molar-refractivity contribution is 5.83. The predicted molar refractivity (Wildman–Crippen MR) is 89.7 cm³/mol. The quantitative estimate of drug-likeness (QED) is 0.743. The first-order valence-corrected chi connectivity index (χ1v) is 8.33. The highest BCUT2D eigenvalue weighted by atomic mass is 16.1. The Kier molecular flexibility index (Phi) is 4.78. The van der Waals surface area contributed by atoms with Crippen LogP contribution in [0.2, 0.25) is 0 Å². The largest absolute Gasteiger partial charge is 0.361 e. The number of rotatable bonds is 5. The van der Waals surface area contributed by atoms with Crippen molar-refractivity contribution in [2.24, 2.45) is 11.7 Å². The van der Waals surface area contributed by atoms with E-state index in [0.29, 0.717) is 19.0 Å². The average molecular weight is 299 g/mol. The maximum absolute atomic E-state index is 12.1. The van der Waals surface area contributed by atoms with Gasteiger partial charge in [-0.25, -0.2) is 0 Å². The molecule has 0 spiro atoms. The first-order chi connectivity index (χ1) is 10.8. The smallest absolute Gasteiger partial charge is 0.223 e. The number of H-pyrrole nitrogens is 1. The van der Waals surface area contributed by atoms with Crippen LogP contribution < -0.4 is 11.1 Å². The Hall–Kier alpha value is -1.81. The molecule has 1 amide bonds. The fourth-order valence-electron chi connectivity index (χ4n) is 3.56. The van der Waals surface area contributed by atoms with E-state index in [-0.39, 0.29) is 11.8 Å². The Morgan fingerprint density at radius 1 is 1.23 bits per heavy atom. The van der Waals surface area contributed by atoms with Crippen LogP contribution in [0.3, 0.4) is 0 Å². The lowest BCUT2D eigenvalue weighted by molar-refractivity contribution is -0.126. The van der Waals surface area contributed by atoms with E-state index in [2.05, 4.69) is 40.8 Å². The van der Waals surface area contributed by atoms with E-state index in [0.717, 1.165) is 32.1 Å². The topological polar surface area (TPSA) is 70.9 Å². The minimum absolute atomic E-state index is 0.180. The van der Waals surface area contributed by atoms with Crippen LogP contribution in [0.1, 0.15) is 43.6 Å². The molecule has 22 heavy (non-hydrogen) atoms. The van der Waals surface area contributed by atoms with Crippen LogP contribution in [0.4, 0.5) is 0 Å². The van der Waals surface area contributed by atoms with E-state index < -0.39 is 0 Å². The maximum Gasteiger partial charge on any atom is 0.223 e. The monoisotopic (exact) mass is 299 g/mol. The van der Waals surface area contributed by atoms with Crippen molar-refractivity contribution in [3.8, 4) is 0 Å². The van der Waals surface area contributed by atoms with Crippen molar-refractivity contribution in [2.45, 2.75) is 38.0 Å². The van der Waals surface area contributed by atoms with Crippen molar-refractivity contribution in [3.05, 3.63) is 36.0 Å². The summed E-state index contributed by atoms with van der Waals surface area (Å²) in [6, 6.07) is 8.46. The lowest BCUT2D eigenvalue weighted by Crippen LogP contribution is -2.34. The van der Waals surface area contributed by atoms with Crippen LogP contribution in [0.5, 0.6) is 0 Å². The lowest BCUT2D eigenvalue weighted by atomic mass is 9.78. The number of carbonyl (C=O) groups excluding carboxylic acids is 1. The van der Waals surface area contributed by atoms with Gasteiger partial charge in [0.2, 0.25) is 5.91 Å². The van der Waals surface area contributed by atoms with Gasteiger partial charge >= 0.3 is 0 Å². The zero-order valence-electron chi connectivity index (χ0n) is 13.0. The highest BCUT2D eigenvalue weighted by Crippen LogP contribution is 2.38. The summed E-state index contributed by atoms with van der Waals surface area (Å²) in [5, 5.41) is 4.34. The Labute approximate surface area is 131 Å². The number of aromatic nitrogens is 1. The molecule has 0 aliphatic heterocycles. The third-order valence-corrected chi connectivity index (χ3v) is 4.84. The summed E-state index contributed by atoms with van der Waals surface area (Å²) in [5.41, 5.74) is 8.08. The van der Waals surface area contributed by atoms with E-state index in [1.165, 1.54) is 16.5 Å². The molecule has 1 aromatic carbocycles. The van der Waals surface area contributed by atoms with Crippen LogP contribution >= 0.6 is 0 Å². The summed E-state index contributed by atoms with van der Waals surface area (Å²) in [6.07, 6.45) is 7.16. The second-order valence-electron chi connectivity index (χ2n) is 6.27. The zero-order chi connectivity index (χ0) is 15.4. The standard InChI is InChI=1S/C18H25N3O/c19-10-3-11-20-18(22)14-8-6-13(7-9-14)16-12-21-17-5-2-1-4-15(16)17/h1-2,4-5,12-14,21H,3,6-11,19H2,(H,20,22). The normalized spacial score (nSPS) is 21.9. The molecule has 1 heterocycles. The van der Waals surface area contributed by atoms with Gasteiger partial charge in [0.15, 0.2) is 0 Å². The van der Waals surface area contributed by atoms with Crippen LogP contribution in [-0.2, 0) is 4.79 Å². The molecule has 0 unspecified atom stereocenters. The number of benzene rings is 1. The van der Waals surface area contributed by atoms with Crippen LogP contribution in [0.25, 0.3) is 10.9 Å². The second kappa shape index (κ2) is 6.97. The number of carbonyl (C=O) groups is 1. The fourth-order valence-corrected chi connectivity index (χ4v) is 3.56. The van der Waals surface area contributed by atoms with Crippen molar-refractivity contribution in [2.75, 3.05) is 13.1 Å². The SMILES string of the molecule is NCCCNC(=O)C1CCC(c2c[nH]c3ccccc23)CC1. The van der Waals surface area contributed by atoms with Crippen molar-refractivity contribution >= 4 is 16.8 Å². The van der Waals surface area contributed by atoms with E-state index >= 15 is 0 Å². The molecule has 1 aliphatic rings. The van der Waals surface area contributed by atoms with Gasteiger partial charge in [-0.1, -0.05) is 18.2 Å². The van der Waals surface area contributed by atoms with Gasteiger partial charge in [-0.3, -0.25) is 4.79 Å². The number of fused-ring (bicyclic) bond motifs is 1. The number of para-hydroxylation sites is 1. The molecule has 0 bridgehead atoms. The molecule has 0 atom stereocenters. The van der Waals surface area contributed by atoms with E-state index in [4.69, 9.17) is 5.73 Å². The summed E-state index contributed by atoms with van der Waals surface area (Å²) in [5.74, 6) is 0.967. The number of nitrogens with two attached hydrogens (primary N) is 1. The predicted octanol–water partition coefficient (Wildman–Crippen LogP) is 2.91. The van der Waals surface area contributed by atoms with Gasteiger partial charge in [0.1, 0.15) is 0 Å². The van der Waals surface area contributed by atoms with Crippen LogP contribution in [0.15, 0.2) is 30.5 Å². The molecule has 4 nitrogen and oxygen atoms in total. The lowest BCUT2D eigenvalue weighted by Gasteiger charge is -2.27. The summed E-state index contributed by atoms with van der Waals surface area (Å²) < 4.78 is 0. The molecule has 2 aromatic rings. The minimum Gasteiger partial charge on any atom is -0.361 e. The van der Waals surface area contributed by atoms with Crippen LogP contribution in [-0.4, -0.2) is 24.0 Å². The Morgan fingerprint density at radius 3 is 2.77 bits per heavy atom. The van der Waals surface area contributed by atoms with E-state index in [1.807, 2.05) is 0 Å². The molecule has 1 saturated carbocycles. The number of aromatic amines is 1. The molecule has 1 aliphatic carbocycles. The number of amides is 1. The molecule has 4 heteroatoms.